The molecule has 0 radical (unpaired) electrons. The van der Waals surface area contributed by atoms with Crippen molar-refractivity contribution >= 4 is 23.2 Å². The van der Waals surface area contributed by atoms with Crippen LogP contribution in [-0.2, 0) is 16.0 Å². The first kappa shape index (κ1) is 21.6. The van der Waals surface area contributed by atoms with Crippen LogP contribution in [0.25, 0.3) is 5.65 Å². The van der Waals surface area contributed by atoms with Crippen LogP contribution < -0.4 is 0 Å². The molecule has 4 rings (SSSR count). The van der Waals surface area contributed by atoms with Gasteiger partial charge in [0.1, 0.15) is 5.65 Å². The van der Waals surface area contributed by atoms with Gasteiger partial charge in [-0.05, 0) is 32.0 Å². The smallest absolute Gasteiger partial charge is 0.274 e. The van der Waals surface area contributed by atoms with E-state index in [1.807, 2.05) is 34.7 Å². The summed E-state index contributed by atoms with van der Waals surface area (Å²) in [6, 6.07) is 3.68. The molecule has 2 aliphatic rings. The summed E-state index contributed by atoms with van der Waals surface area (Å²) < 4.78 is 13.3. The van der Waals surface area contributed by atoms with Crippen molar-refractivity contribution in [3.05, 3.63) is 34.7 Å². The highest BCUT2D eigenvalue weighted by Crippen LogP contribution is 2.21. The minimum absolute atomic E-state index is 0.0253. The number of nitrogens with zero attached hydrogens (tertiary/aromatic N) is 4. The lowest BCUT2D eigenvalue weighted by molar-refractivity contribution is -0.0963. The summed E-state index contributed by atoms with van der Waals surface area (Å²) in [5.74, 6) is 0.0253. The van der Waals surface area contributed by atoms with Crippen molar-refractivity contribution < 1.29 is 14.3 Å². The summed E-state index contributed by atoms with van der Waals surface area (Å²) in [5, 5.41) is 0.623. The molecule has 0 spiro atoms. The molecule has 1 amide bonds. The Bertz CT molecular complexity index is 857. The molecule has 2 aromatic rings. The van der Waals surface area contributed by atoms with Crippen LogP contribution in [0.2, 0.25) is 5.02 Å². The van der Waals surface area contributed by atoms with Gasteiger partial charge in [-0.15, -0.1) is 0 Å². The van der Waals surface area contributed by atoms with Crippen LogP contribution in [-0.4, -0.2) is 77.7 Å². The van der Waals surface area contributed by atoms with E-state index in [0.29, 0.717) is 37.1 Å². The molecule has 2 aliphatic heterocycles. The minimum Gasteiger partial charge on any atom is -0.376 e. The first-order valence-corrected chi connectivity index (χ1v) is 11.3. The van der Waals surface area contributed by atoms with Crippen molar-refractivity contribution in [2.24, 2.45) is 0 Å². The summed E-state index contributed by atoms with van der Waals surface area (Å²) in [7, 11) is 2.03. The van der Waals surface area contributed by atoms with E-state index in [2.05, 4.69) is 4.90 Å². The number of carbonyl (C=O) groups is 1. The molecule has 7 nitrogen and oxygen atoms in total. The zero-order valence-corrected chi connectivity index (χ0v) is 18.4. The fourth-order valence-electron chi connectivity index (χ4n) is 4.30. The van der Waals surface area contributed by atoms with E-state index >= 15 is 0 Å². The molecule has 1 atom stereocenters. The van der Waals surface area contributed by atoms with Crippen molar-refractivity contribution in [2.75, 3.05) is 46.5 Å². The number of hydrogen-bond donors (Lipinski definition) is 0. The summed E-state index contributed by atoms with van der Waals surface area (Å²) in [4.78, 5) is 22.3. The van der Waals surface area contributed by atoms with Crippen molar-refractivity contribution in [1.29, 1.82) is 0 Å². The van der Waals surface area contributed by atoms with Gasteiger partial charge < -0.3 is 18.8 Å². The average Bonchev–Trinajstić information content (AvgIpc) is 3.05. The van der Waals surface area contributed by atoms with E-state index in [1.165, 1.54) is 19.3 Å². The highest BCUT2D eigenvalue weighted by Gasteiger charge is 2.26. The van der Waals surface area contributed by atoms with E-state index < -0.39 is 0 Å². The zero-order chi connectivity index (χ0) is 20.9. The number of amides is 1. The second kappa shape index (κ2) is 10.1. The average molecular weight is 435 g/mol. The van der Waals surface area contributed by atoms with Crippen LogP contribution >= 0.6 is 11.6 Å². The quantitative estimate of drug-likeness (QED) is 0.723. The molecule has 2 aromatic heterocycles. The lowest BCUT2D eigenvalue weighted by Gasteiger charge is -2.28. The van der Waals surface area contributed by atoms with E-state index in [9.17, 15) is 4.79 Å². The van der Waals surface area contributed by atoms with Crippen LogP contribution in [0.3, 0.4) is 0 Å². The molecule has 0 bridgehead atoms. The van der Waals surface area contributed by atoms with Crippen LogP contribution in [0.1, 0.15) is 48.3 Å². The third-order valence-corrected chi connectivity index (χ3v) is 6.07. The summed E-state index contributed by atoms with van der Waals surface area (Å²) in [6.07, 6.45) is 7.63. The Balaban J connectivity index is 1.59. The Morgan fingerprint density at radius 2 is 1.97 bits per heavy atom. The zero-order valence-electron chi connectivity index (χ0n) is 17.7. The molecular weight excluding hydrogens is 404 g/mol. The fourth-order valence-corrected chi connectivity index (χ4v) is 4.46. The normalized spacial score (nSPS) is 21.0. The Morgan fingerprint density at radius 3 is 2.70 bits per heavy atom. The maximum atomic E-state index is 13.5. The highest BCUT2D eigenvalue weighted by molar-refractivity contribution is 6.30. The standard InChI is InChI=1S/C22H31ClN4O3/c1-25(14-18-16-29-11-12-30-18)15-19-21(24-20-8-7-17(23)13-27(19)20)22(28)26-9-5-3-2-4-6-10-26/h7-8,13,18H,2-6,9-12,14-16H2,1H3/t18-/m1/s1. The van der Waals surface area contributed by atoms with Crippen molar-refractivity contribution in [1.82, 2.24) is 19.2 Å². The summed E-state index contributed by atoms with van der Waals surface area (Å²) in [5.41, 5.74) is 2.15. The molecule has 0 aliphatic carbocycles. The van der Waals surface area contributed by atoms with Gasteiger partial charge in [0.15, 0.2) is 5.69 Å². The molecule has 2 saturated heterocycles. The molecule has 2 fully saturated rings. The van der Waals surface area contributed by atoms with Crippen LogP contribution in [0, 0.1) is 0 Å². The molecule has 0 unspecified atom stereocenters. The van der Waals surface area contributed by atoms with Gasteiger partial charge in [0, 0.05) is 32.4 Å². The van der Waals surface area contributed by atoms with E-state index in [0.717, 1.165) is 43.8 Å². The van der Waals surface area contributed by atoms with Gasteiger partial charge in [0.2, 0.25) is 0 Å². The number of aromatic nitrogens is 2. The fraction of sp³-hybridized carbons (Fsp3) is 0.636. The second-order valence-electron chi connectivity index (χ2n) is 8.31. The largest absolute Gasteiger partial charge is 0.376 e. The Kier molecular flexibility index (Phi) is 7.25. The summed E-state index contributed by atoms with van der Waals surface area (Å²) >= 11 is 6.27. The highest BCUT2D eigenvalue weighted by atomic mass is 35.5. The molecule has 0 N–H and O–H groups in total. The number of hydrogen-bond acceptors (Lipinski definition) is 5. The number of imidazole rings is 1. The number of likely N-dealkylation sites (N-methyl/N-ethyl adjacent to an activating group) is 1. The molecule has 0 saturated carbocycles. The summed E-state index contributed by atoms with van der Waals surface area (Å²) in [6.45, 7) is 4.79. The molecule has 0 aromatic carbocycles. The molecule has 30 heavy (non-hydrogen) atoms. The first-order valence-electron chi connectivity index (χ1n) is 11.0. The molecule has 4 heterocycles. The van der Waals surface area contributed by atoms with Gasteiger partial charge >= 0.3 is 0 Å². The number of pyridine rings is 1. The van der Waals surface area contributed by atoms with Gasteiger partial charge in [-0.1, -0.05) is 30.9 Å². The van der Waals surface area contributed by atoms with E-state index in [4.69, 9.17) is 26.1 Å². The monoisotopic (exact) mass is 434 g/mol. The Morgan fingerprint density at radius 1 is 1.20 bits per heavy atom. The topological polar surface area (TPSA) is 59.3 Å². The molecule has 8 heteroatoms. The second-order valence-corrected chi connectivity index (χ2v) is 8.74. The van der Waals surface area contributed by atoms with Gasteiger partial charge in [-0.3, -0.25) is 9.69 Å². The Hall–Kier alpha value is -1.67. The minimum atomic E-state index is 0.0253. The maximum absolute atomic E-state index is 13.5. The maximum Gasteiger partial charge on any atom is 0.274 e. The van der Waals surface area contributed by atoms with Gasteiger partial charge in [-0.2, -0.15) is 0 Å². The third-order valence-electron chi connectivity index (χ3n) is 5.85. The number of ether oxygens (including phenoxy) is 2. The van der Waals surface area contributed by atoms with Crippen LogP contribution in [0.15, 0.2) is 18.3 Å². The molecular formula is C22H31ClN4O3. The predicted molar refractivity (Wildman–Crippen MR) is 116 cm³/mol. The van der Waals surface area contributed by atoms with Crippen LogP contribution in [0.4, 0.5) is 0 Å². The number of rotatable bonds is 5. The van der Waals surface area contributed by atoms with Crippen molar-refractivity contribution in [2.45, 2.75) is 44.8 Å². The number of carbonyl (C=O) groups excluding carboxylic acids is 1. The van der Waals surface area contributed by atoms with E-state index in [-0.39, 0.29) is 12.0 Å². The van der Waals surface area contributed by atoms with Crippen molar-refractivity contribution in [3.8, 4) is 0 Å². The molecule has 164 valence electrons. The number of fused-ring (bicyclic) bond motifs is 1. The lowest BCUT2D eigenvalue weighted by Crippen LogP contribution is -2.39. The number of halogens is 1. The van der Waals surface area contributed by atoms with Crippen LogP contribution in [0.5, 0.6) is 0 Å². The van der Waals surface area contributed by atoms with Gasteiger partial charge in [0.25, 0.3) is 5.91 Å². The van der Waals surface area contributed by atoms with Crippen molar-refractivity contribution in [3.63, 3.8) is 0 Å². The van der Waals surface area contributed by atoms with E-state index in [1.54, 1.807) is 0 Å². The number of likely N-dealkylation sites (tertiary alicyclic amines) is 1. The predicted octanol–water partition coefficient (Wildman–Crippen LogP) is 3.24. The lowest BCUT2D eigenvalue weighted by atomic mass is 10.1. The third kappa shape index (κ3) is 5.14. The van der Waals surface area contributed by atoms with Gasteiger partial charge in [-0.25, -0.2) is 4.98 Å². The first-order chi connectivity index (χ1) is 14.6. The van der Waals surface area contributed by atoms with Gasteiger partial charge in [0.05, 0.1) is 36.6 Å². The Labute approximate surface area is 182 Å². The SMILES string of the molecule is CN(Cc1c(C(=O)N2CCCCCCC2)nc2ccc(Cl)cn12)C[C@@H]1COCCO1.